The molecule has 0 amide bonds. The molecule has 0 saturated heterocycles. The first-order valence-corrected chi connectivity index (χ1v) is 8.05. The molecule has 0 unspecified atom stereocenters. The fourth-order valence-electron chi connectivity index (χ4n) is 2.44. The Kier molecular flexibility index (Phi) is 4.26. The van der Waals surface area contributed by atoms with Crippen LogP contribution in [0.25, 0.3) is 10.9 Å². The van der Waals surface area contributed by atoms with Gasteiger partial charge in [-0.1, -0.05) is 30.3 Å². The fraction of sp³-hybridized carbons (Fsp3) is 0. The molecule has 0 N–H and O–H groups in total. The number of hydrogen-bond donors (Lipinski definition) is 0. The summed E-state index contributed by atoms with van der Waals surface area (Å²) in [6, 6.07) is 23.3. The zero-order valence-electron chi connectivity index (χ0n) is 13.7. The Labute approximate surface area is 149 Å². The summed E-state index contributed by atoms with van der Waals surface area (Å²) in [5.74, 6) is 1.01. The monoisotopic (exact) mass is 342 g/mol. The highest BCUT2D eigenvalue weighted by molar-refractivity contribution is 5.92. The quantitative estimate of drug-likeness (QED) is 0.399. The highest BCUT2D eigenvalue weighted by Gasteiger charge is 2.11. The maximum Gasteiger partial charge on any atom is 0.362 e. The molecule has 2 aromatic carbocycles. The highest BCUT2D eigenvalue weighted by Crippen LogP contribution is 2.23. The summed E-state index contributed by atoms with van der Waals surface area (Å²) in [6.07, 6.45) is 1.65. The normalized spacial score (nSPS) is 10.5. The average molecular weight is 342 g/mol. The lowest BCUT2D eigenvalue weighted by Gasteiger charge is -2.07. The molecule has 0 aliphatic carbocycles. The lowest BCUT2D eigenvalue weighted by atomic mass is 10.2. The number of aromatic nitrogens is 2. The van der Waals surface area contributed by atoms with Gasteiger partial charge in [0.2, 0.25) is 5.88 Å². The average Bonchev–Trinajstić information content (AvgIpc) is 2.70. The Hall–Kier alpha value is -3.73. The molecule has 4 rings (SSSR count). The minimum absolute atomic E-state index is 0.262. The van der Waals surface area contributed by atoms with Crippen LogP contribution >= 0.6 is 0 Å². The van der Waals surface area contributed by atoms with Gasteiger partial charge in [-0.2, -0.15) is 0 Å². The van der Waals surface area contributed by atoms with Crippen LogP contribution in [-0.2, 0) is 0 Å². The molecule has 126 valence electrons. The van der Waals surface area contributed by atoms with E-state index in [1.807, 2.05) is 42.5 Å². The Balaban J connectivity index is 1.46. The van der Waals surface area contributed by atoms with E-state index in [0.717, 1.165) is 10.9 Å². The van der Waals surface area contributed by atoms with Crippen LogP contribution in [0.15, 0.2) is 85.1 Å². The maximum atomic E-state index is 12.3. The van der Waals surface area contributed by atoms with Crippen LogP contribution in [0.5, 0.6) is 17.4 Å². The minimum atomic E-state index is -0.505. The van der Waals surface area contributed by atoms with Crippen molar-refractivity contribution in [2.24, 2.45) is 0 Å². The third-order valence-electron chi connectivity index (χ3n) is 3.70. The number of esters is 1. The SMILES string of the molecule is O=C(Oc1ccc(Oc2ccccn2)cc1)c1ccc2ccccc2n1. The molecule has 2 heterocycles. The van der Waals surface area contributed by atoms with Crippen molar-refractivity contribution in [3.63, 3.8) is 0 Å². The van der Waals surface area contributed by atoms with Crippen molar-refractivity contribution in [3.8, 4) is 17.4 Å². The number of carbonyl (C=O) groups excluding carboxylic acids is 1. The molecule has 0 fully saturated rings. The summed E-state index contributed by atoms with van der Waals surface area (Å²) >= 11 is 0. The van der Waals surface area contributed by atoms with Crippen molar-refractivity contribution >= 4 is 16.9 Å². The fourth-order valence-corrected chi connectivity index (χ4v) is 2.44. The number of rotatable bonds is 4. The lowest BCUT2D eigenvalue weighted by Crippen LogP contribution is -2.10. The molecule has 0 saturated carbocycles. The highest BCUT2D eigenvalue weighted by atomic mass is 16.5. The van der Waals surface area contributed by atoms with Crippen LogP contribution in [0.1, 0.15) is 10.5 Å². The number of para-hydroxylation sites is 1. The molecule has 0 aliphatic rings. The van der Waals surface area contributed by atoms with Crippen molar-refractivity contribution in [3.05, 3.63) is 90.8 Å². The molecule has 26 heavy (non-hydrogen) atoms. The van der Waals surface area contributed by atoms with E-state index in [4.69, 9.17) is 9.47 Å². The summed E-state index contributed by atoms with van der Waals surface area (Å²) < 4.78 is 11.0. The predicted octanol–water partition coefficient (Wildman–Crippen LogP) is 4.64. The van der Waals surface area contributed by atoms with Crippen LogP contribution in [0, 0.1) is 0 Å². The summed E-state index contributed by atoms with van der Waals surface area (Å²) in [7, 11) is 0. The van der Waals surface area contributed by atoms with E-state index < -0.39 is 5.97 Å². The third-order valence-corrected chi connectivity index (χ3v) is 3.70. The molecule has 0 radical (unpaired) electrons. The second-order valence-electron chi connectivity index (χ2n) is 5.52. The first kappa shape index (κ1) is 15.8. The summed E-state index contributed by atoms with van der Waals surface area (Å²) in [5, 5.41) is 0.972. The van der Waals surface area contributed by atoms with Crippen molar-refractivity contribution in [2.75, 3.05) is 0 Å². The number of hydrogen-bond acceptors (Lipinski definition) is 5. The van der Waals surface area contributed by atoms with Crippen molar-refractivity contribution in [1.82, 2.24) is 9.97 Å². The van der Waals surface area contributed by atoms with Gasteiger partial charge < -0.3 is 9.47 Å². The van der Waals surface area contributed by atoms with Gasteiger partial charge in [-0.25, -0.2) is 14.8 Å². The lowest BCUT2D eigenvalue weighted by molar-refractivity contribution is 0.0729. The summed E-state index contributed by atoms with van der Waals surface area (Å²) in [5.41, 5.74) is 1.01. The van der Waals surface area contributed by atoms with Crippen molar-refractivity contribution in [1.29, 1.82) is 0 Å². The van der Waals surface area contributed by atoms with Gasteiger partial charge in [0.25, 0.3) is 0 Å². The Bertz CT molecular complexity index is 1050. The first-order chi connectivity index (χ1) is 12.8. The Morgan fingerprint density at radius 1 is 0.769 bits per heavy atom. The summed E-state index contributed by atoms with van der Waals surface area (Å²) in [6.45, 7) is 0. The van der Waals surface area contributed by atoms with E-state index in [2.05, 4.69) is 9.97 Å². The van der Waals surface area contributed by atoms with E-state index in [-0.39, 0.29) is 5.69 Å². The second-order valence-corrected chi connectivity index (χ2v) is 5.52. The number of ether oxygens (including phenoxy) is 2. The van der Waals surface area contributed by atoms with Gasteiger partial charge >= 0.3 is 5.97 Å². The van der Waals surface area contributed by atoms with Gasteiger partial charge in [0.1, 0.15) is 17.2 Å². The van der Waals surface area contributed by atoms with E-state index in [1.54, 1.807) is 42.6 Å². The van der Waals surface area contributed by atoms with Crippen LogP contribution in [0.4, 0.5) is 0 Å². The van der Waals surface area contributed by atoms with E-state index in [0.29, 0.717) is 17.4 Å². The van der Waals surface area contributed by atoms with E-state index >= 15 is 0 Å². The predicted molar refractivity (Wildman–Crippen MR) is 97.5 cm³/mol. The van der Waals surface area contributed by atoms with Gasteiger partial charge in [0, 0.05) is 17.6 Å². The van der Waals surface area contributed by atoms with Gasteiger partial charge in [0.15, 0.2) is 0 Å². The number of fused-ring (bicyclic) bond motifs is 1. The number of nitrogens with zero attached hydrogens (tertiary/aromatic N) is 2. The second kappa shape index (κ2) is 7.03. The minimum Gasteiger partial charge on any atom is -0.439 e. The molecule has 5 nitrogen and oxygen atoms in total. The third kappa shape index (κ3) is 3.52. The largest absolute Gasteiger partial charge is 0.439 e. The number of carbonyl (C=O) groups is 1. The molecular formula is C21H14N2O3. The van der Waals surface area contributed by atoms with Crippen LogP contribution in [0.3, 0.4) is 0 Å². The smallest absolute Gasteiger partial charge is 0.362 e. The molecule has 4 aromatic rings. The zero-order chi connectivity index (χ0) is 17.8. The van der Waals surface area contributed by atoms with Crippen molar-refractivity contribution in [2.45, 2.75) is 0 Å². The Morgan fingerprint density at radius 3 is 2.35 bits per heavy atom. The topological polar surface area (TPSA) is 61.3 Å². The van der Waals surface area contributed by atoms with Gasteiger partial charge in [0.05, 0.1) is 5.52 Å². The molecule has 2 aromatic heterocycles. The Morgan fingerprint density at radius 2 is 1.54 bits per heavy atom. The molecule has 0 bridgehead atoms. The maximum absolute atomic E-state index is 12.3. The van der Waals surface area contributed by atoms with Crippen molar-refractivity contribution < 1.29 is 14.3 Å². The number of pyridine rings is 2. The van der Waals surface area contributed by atoms with Gasteiger partial charge in [-0.05, 0) is 42.5 Å². The van der Waals surface area contributed by atoms with Gasteiger partial charge in [-0.3, -0.25) is 0 Å². The van der Waals surface area contributed by atoms with Crippen LogP contribution < -0.4 is 9.47 Å². The molecule has 0 aliphatic heterocycles. The number of benzene rings is 2. The molecule has 5 heteroatoms. The van der Waals surface area contributed by atoms with E-state index in [9.17, 15) is 4.79 Å². The molecular weight excluding hydrogens is 328 g/mol. The van der Waals surface area contributed by atoms with Crippen LogP contribution in [0.2, 0.25) is 0 Å². The summed E-state index contributed by atoms with van der Waals surface area (Å²) in [4.78, 5) is 20.7. The first-order valence-electron chi connectivity index (χ1n) is 8.05. The zero-order valence-corrected chi connectivity index (χ0v) is 13.7. The van der Waals surface area contributed by atoms with Gasteiger partial charge in [-0.15, -0.1) is 0 Å². The van der Waals surface area contributed by atoms with E-state index in [1.165, 1.54) is 0 Å². The molecule has 0 spiro atoms. The van der Waals surface area contributed by atoms with Crippen LogP contribution in [-0.4, -0.2) is 15.9 Å². The standard InChI is InChI=1S/C21H14N2O3/c24-21(19-13-8-15-5-1-2-6-18(15)23-19)26-17-11-9-16(10-12-17)25-20-7-3-4-14-22-20/h1-14H. The molecule has 0 atom stereocenters.